The molecule has 3 atom stereocenters. The van der Waals surface area contributed by atoms with Gasteiger partial charge in [0, 0.05) is 43.4 Å². The fourth-order valence-electron chi connectivity index (χ4n) is 4.75. The summed E-state index contributed by atoms with van der Waals surface area (Å²) in [7, 11) is 0. The van der Waals surface area contributed by atoms with Crippen LogP contribution >= 0.6 is 22.7 Å². The summed E-state index contributed by atoms with van der Waals surface area (Å²) in [6.07, 6.45) is 2.47. The van der Waals surface area contributed by atoms with Crippen LogP contribution in [0.25, 0.3) is 9.53 Å². The number of ether oxygens (including phenoxy) is 1. The van der Waals surface area contributed by atoms with E-state index in [1.165, 1.54) is 28.2 Å². The molecule has 3 aromatic heterocycles. The number of hydrogen-bond donors (Lipinski definition) is 3. The van der Waals surface area contributed by atoms with Crippen molar-refractivity contribution in [3.05, 3.63) is 33.3 Å². The first-order valence-corrected chi connectivity index (χ1v) is 13.1. The van der Waals surface area contributed by atoms with Crippen LogP contribution in [0.5, 0.6) is 0 Å². The predicted molar refractivity (Wildman–Crippen MR) is 134 cm³/mol. The largest absolute Gasteiger partial charge is 0.396 e. The highest BCUT2D eigenvalue weighted by atomic mass is 32.1. The van der Waals surface area contributed by atoms with Crippen LogP contribution in [-0.4, -0.2) is 54.3 Å². The standard InChI is InChI=1S/C23H30N6O2S2/c1-3-31-11-14-9-29(10-16(14)24)18-7-4-13-8-15(5-6-17(13)28-18)27-22(30)20-19(25)21-23(33-20)26-12(2)32-21/h4,7,14-16H,3,5-6,8-11,24-25H2,1-2H3,(H,27,30). The molecule has 5 rings (SSSR count). The molecule has 1 aliphatic heterocycles. The highest BCUT2D eigenvalue weighted by molar-refractivity contribution is 7.29. The molecule has 0 spiro atoms. The van der Waals surface area contributed by atoms with E-state index in [1.54, 1.807) is 0 Å². The minimum Gasteiger partial charge on any atom is -0.396 e. The Hall–Kier alpha value is -2.27. The van der Waals surface area contributed by atoms with Crippen molar-refractivity contribution in [2.24, 2.45) is 11.7 Å². The Bertz CT molecular complexity index is 1180. The number of aromatic nitrogens is 2. The Morgan fingerprint density at radius 3 is 2.94 bits per heavy atom. The lowest BCUT2D eigenvalue weighted by Crippen LogP contribution is -2.39. The molecule has 0 saturated carbocycles. The molecular formula is C23H30N6O2S2. The second-order valence-electron chi connectivity index (χ2n) is 8.89. The van der Waals surface area contributed by atoms with Crippen LogP contribution in [0.2, 0.25) is 0 Å². The number of hydrogen-bond acceptors (Lipinski definition) is 9. The van der Waals surface area contributed by atoms with E-state index in [9.17, 15) is 4.79 Å². The molecule has 1 fully saturated rings. The van der Waals surface area contributed by atoms with Gasteiger partial charge < -0.3 is 26.4 Å². The molecule has 10 heteroatoms. The lowest BCUT2D eigenvalue weighted by atomic mass is 9.91. The average Bonchev–Trinajstić information content (AvgIpc) is 3.45. The molecule has 33 heavy (non-hydrogen) atoms. The van der Waals surface area contributed by atoms with Crippen LogP contribution in [0, 0.1) is 12.8 Å². The van der Waals surface area contributed by atoms with Crippen molar-refractivity contribution in [3.63, 3.8) is 0 Å². The fraction of sp³-hybridized carbons (Fsp3) is 0.522. The number of anilines is 2. The summed E-state index contributed by atoms with van der Waals surface area (Å²) < 4.78 is 6.51. The minimum absolute atomic E-state index is 0.0719. The molecule has 4 heterocycles. The van der Waals surface area contributed by atoms with Crippen molar-refractivity contribution < 1.29 is 9.53 Å². The number of nitrogens with zero attached hydrogens (tertiary/aromatic N) is 3. The molecule has 0 aromatic carbocycles. The van der Waals surface area contributed by atoms with Gasteiger partial charge in [0.25, 0.3) is 5.91 Å². The maximum Gasteiger partial charge on any atom is 0.263 e. The number of aryl methyl sites for hydroxylation is 2. The third kappa shape index (κ3) is 4.44. The van der Waals surface area contributed by atoms with Crippen molar-refractivity contribution in [1.82, 2.24) is 15.3 Å². The van der Waals surface area contributed by atoms with Crippen LogP contribution < -0.4 is 21.7 Å². The zero-order valence-electron chi connectivity index (χ0n) is 19.0. The molecule has 176 valence electrons. The number of rotatable bonds is 6. The zero-order chi connectivity index (χ0) is 23.1. The number of fused-ring (bicyclic) bond motifs is 2. The number of thiazole rings is 1. The number of nitrogen functional groups attached to an aromatic ring is 1. The monoisotopic (exact) mass is 486 g/mol. The highest BCUT2D eigenvalue weighted by Gasteiger charge is 2.32. The Morgan fingerprint density at radius 1 is 1.30 bits per heavy atom. The Morgan fingerprint density at radius 2 is 2.15 bits per heavy atom. The van der Waals surface area contributed by atoms with Crippen molar-refractivity contribution in [2.75, 3.05) is 36.9 Å². The van der Waals surface area contributed by atoms with Gasteiger partial charge in [-0.2, -0.15) is 0 Å². The molecule has 8 nitrogen and oxygen atoms in total. The number of nitrogens with two attached hydrogens (primary N) is 2. The quantitative estimate of drug-likeness (QED) is 0.490. The summed E-state index contributed by atoms with van der Waals surface area (Å²) in [6, 6.07) is 4.41. The van der Waals surface area contributed by atoms with Crippen LogP contribution in [0.3, 0.4) is 0 Å². The van der Waals surface area contributed by atoms with Gasteiger partial charge >= 0.3 is 0 Å². The van der Waals surface area contributed by atoms with E-state index in [0.717, 1.165) is 58.4 Å². The normalized spacial score (nSPS) is 22.6. The third-order valence-electron chi connectivity index (χ3n) is 6.53. The van der Waals surface area contributed by atoms with E-state index in [4.69, 9.17) is 21.2 Å². The molecule has 3 unspecified atom stereocenters. The maximum absolute atomic E-state index is 12.9. The number of carbonyl (C=O) groups excluding carboxylic acids is 1. The van der Waals surface area contributed by atoms with Crippen LogP contribution in [0.4, 0.5) is 11.5 Å². The van der Waals surface area contributed by atoms with Crippen molar-refractivity contribution in [3.8, 4) is 0 Å². The van der Waals surface area contributed by atoms with E-state index in [-0.39, 0.29) is 18.0 Å². The molecule has 1 aliphatic carbocycles. The number of amides is 1. The first kappa shape index (κ1) is 22.5. The summed E-state index contributed by atoms with van der Waals surface area (Å²) in [6.45, 7) is 7.05. The van der Waals surface area contributed by atoms with E-state index in [2.05, 4.69) is 27.3 Å². The molecule has 1 amide bonds. The number of pyridine rings is 1. The average molecular weight is 487 g/mol. The predicted octanol–water partition coefficient (Wildman–Crippen LogP) is 2.73. The molecule has 5 N–H and O–H groups in total. The van der Waals surface area contributed by atoms with Crippen LogP contribution in [0.15, 0.2) is 12.1 Å². The molecule has 2 aliphatic rings. The molecule has 3 aromatic rings. The van der Waals surface area contributed by atoms with E-state index in [0.29, 0.717) is 29.7 Å². The first-order chi connectivity index (χ1) is 15.9. The first-order valence-electron chi connectivity index (χ1n) is 11.5. The lowest BCUT2D eigenvalue weighted by molar-refractivity contribution is 0.0938. The number of nitrogens with one attached hydrogen (secondary N) is 1. The third-order valence-corrected chi connectivity index (χ3v) is 8.77. The van der Waals surface area contributed by atoms with E-state index in [1.807, 2.05) is 13.8 Å². The summed E-state index contributed by atoms with van der Waals surface area (Å²) in [5.41, 5.74) is 15.4. The van der Waals surface area contributed by atoms with Gasteiger partial charge in [0.1, 0.15) is 15.5 Å². The van der Waals surface area contributed by atoms with Crippen LogP contribution in [-0.2, 0) is 17.6 Å². The summed E-state index contributed by atoms with van der Waals surface area (Å²) in [4.78, 5) is 26.0. The van der Waals surface area contributed by atoms with Crippen molar-refractivity contribution in [1.29, 1.82) is 0 Å². The van der Waals surface area contributed by atoms with E-state index < -0.39 is 0 Å². The van der Waals surface area contributed by atoms with Gasteiger partial charge in [-0.15, -0.1) is 22.7 Å². The van der Waals surface area contributed by atoms with Crippen LogP contribution in [0.1, 0.15) is 39.3 Å². The van der Waals surface area contributed by atoms with Crippen molar-refractivity contribution in [2.45, 2.75) is 45.2 Å². The van der Waals surface area contributed by atoms with Gasteiger partial charge in [-0.3, -0.25) is 4.79 Å². The van der Waals surface area contributed by atoms with E-state index >= 15 is 0 Å². The summed E-state index contributed by atoms with van der Waals surface area (Å²) in [5, 5.41) is 4.15. The van der Waals surface area contributed by atoms with Gasteiger partial charge in [-0.25, -0.2) is 9.97 Å². The molecule has 0 radical (unpaired) electrons. The summed E-state index contributed by atoms with van der Waals surface area (Å²) >= 11 is 2.91. The Kier molecular flexibility index (Phi) is 6.26. The second kappa shape index (κ2) is 9.17. The van der Waals surface area contributed by atoms with Crippen molar-refractivity contribution >= 4 is 49.6 Å². The van der Waals surface area contributed by atoms with Gasteiger partial charge in [-0.05, 0) is 44.7 Å². The number of carbonyl (C=O) groups is 1. The maximum atomic E-state index is 12.9. The fourth-order valence-corrected chi connectivity index (χ4v) is 6.84. The Labute approximate surface area is 201 Å². The highest BCUT2D eigenvalue weighted by Crippen LogP contribution is 2.37. The smallest absolute Gasteiger partial charge is 0.263 e. The number of thiophene rings is 1. The molecule has 1 saturated heterocycles. The van der Waals surface area contributed by atoms with Gasteiger partial charge in [-0.1, -0.05) is 6.07 Å². The van der Waals surface area contributed by atoms with Gasteiger partial charge in [0.2, 0.25) is 0 Å². The topological polar surface area (TPSA) is 119 Å². The van der Waals surface area contributed by atoms with Gasteiger partial charge in [0.05, 0.1) is 22.0 Å². The lowest BCUT2D eigenvalue weighted by Gasteiger charge is -2.26. The Balaban J connectivity index is 1.23. The molecular weight excluding hydrogens is 456 g/mol. The SMILES string of the molecule is CCOCC1CN(c2ccc3c(n2)CCC(NC(=O)c2sc4nc(C)sc4c2N)C3)CC1N. The summed E-state index contributed by atoms with van der Waals surface area (Å²) in [5.74, 6) is 1.21. The van der Waals surface area contributed by atoms with Gasteiger partial charge in [0.15, 0.2) is 0 Å². The minimum atomic E-state index is -0.107. The second-order valence-corrected chi connectivity index (χ2v) is 11.1. The zero-order valence-corrected chi connectivity index (χ0v) is 20.6. The molecule has 0 bridgehead atoms.